The fourth-order valence-corrected chi connectivity index (χ4v) is 3.18. The molecule has 2 N–H and O–H groups in total. The van der Waals surface area contributed by atoms with Crippen molar-refractivity contribution in [3.05, 3.63) is 34.9 Å². The van der Waals surface area contributed by atoms with Gasteiger partial charge in [0.25, 0.3) is 0 Å². The minimum atomic E-state index is 0.0310. The minimum Gasteiger partial charge on any atom is -0.324 e. The molecule has 0 bridgehead atoms. The summed E-state index contributed by atoms with van der Waals surface area (Å²) in [5, 5.41) is 0.782. The third-order valence-electron chi connectivity index (χ3n) is 4.27. The fraction of sp³-hybridized carbons (Fsp3) is 0.625. The van der Waals surface area contributed by atoms with Crippen molar-refractivity contribution < 1.29 is 0 Å². The highest BCUT2D eigenvalue weighted by atomic mass is 35.5. The van der Waals surface area contributed by atoms with E-state index in [-0.39, 0.29) is 6.04 Å². The molecule has 1 aliphatic rings. The van der Waals surface area contributed by atoms with Gasteiger partial charge in [0, 0.05) is 30.2 Å². The van der Waals surface area contributed by atoms with Crippen molar-refractivity contribution in [3.8, 4) is 0 Å². The summed E-state index contributed by atoms with van der Waals surface area (Å²) in [6.07, 6.45) is 3.55. The minimum absolute atomic E-state index is 0.0310. The number of halogens is 1. The first kappa shape index (κ1) is 15.8. The molecule has 0 spiro atoms. The standard InChI is InChI=1S/C16H26ClN3/c1-19(2)13-6-5-10-20(12-13)11-9-16(18)14-7-3-4-8-15(14)17/h3-4,7-8,13,16H,5-6,9-12,18H2,1-2H3. The first-order valence-electron chi connectivity index (χ1n) is 7.46. The first-order valence-corrected chi connectivity index (χ1v) is 7.84. The molecule has 1 saturated heterocycles. The van der Waals surface area contributed by atoms with Gasteiger partial charge in [0.1, 0.15) is 0 Å². The van der Waals surface area contributed by atoms with Crippen LogP contribution in [0.25, 0.3) is 0 Å². The number of nitrogens with two attached hydrogens (primary N) is 1. The Hall–Kier alpha value is -0.610. The van der Waals surface area contributed by atoms with Crippen LogP contribution in [0.3, 0.4) is 0 Å². The van der Waals surface area contributed by atoms with E-state index in [1.807, 2.05) is 24.3 Å². The Morgan fingerprint density at radius 3 is 2.85 bits per heavy atom. The highest BCUT2D eigenvalue weighted by Gasteiger charge is 2.21. The van der Waals surface area contributed by atoms with Gasteiger partial charge in [-0.05, 0) is 51.5 Å². The summed E-state index contributed by atoms with van der Waals surface area (Å²) in [6.45, 7) is 3.40. The van der Waals surface area contributed by atoms with Gasteiger partial charge in [-0.2, -0.15) is 0 Å². The van der Waals surface area contributed by atoms with Gasteiger partial charge >= 0.3 is 0 Å². The van der Waals surface area contributed by atoms with E-state index < -0.39 is 0 Å². The summed E-state index contributed by atoms with van der Waals surface area (Å²) in [4.78, 5) is 4.87. The number of benzene rings is 1. The smallest absolute Gasteiger partial charge is 0.0453 e. The molecule has 112 valence electrons. The molecule has 2 unspecified atom stereocenters. The van der Waals surface area contributed by atoms with Crippen LogP contribution in [0.15, 0.2) is 24.3 Å². The van der Waals surface area contributed by atoms with Gasteiger partial charge in [-0.3, -0.25) is 0 Å². The SMILES string of the molecule is CN(C)C1CCCN(CCC(N)c2ccccc2Cl)C1. The van der Waals surface area contributed by atoms with Crippen LogP contribution in [-0.4, -0.2) is 49.6 Å². The number of nitrogens with zero attached hydrogens (tertiary/aromatic N) is 2. The summed E-state index contributed by atoms with van der Waals surface area (Å²) in [5.74, 6) is 0. The average Bonchev–Trinajstić information content (AvgIpc) is 2.45. The molecule has 4 heteroatoms. The maximum Gasteiger partial charge on any atom is 0.0453 e. The summed E-state index contributed by atoms with van der Waals surface area (Å²) in [7, 11) is 4.34. The topological polar surface area (TPSA) is 32.5 Å². The van der Waals surface area contributed by atoms with Gasteiger partial charge in [0.05, 0.1) is 0 Å². The zero-order valence-electron chi connectivity index (χ0n) is 12.6. The van der Waals surface area contributed by atoms with Crippen LogP contribution < -0.4 is 5.73 Å². The van der Waals surface area contributed by atoms with E-state index in [9.17, 15) is 0 Å². The summed E-state index contributed by atoms with van der Waals surface area (Å²) < 4.78 is 0. The Labute approximate surface area is 127 Å². The number of rotatable bonds is 5. The van der Waals surface area contributed by atoms with Crippen LogP contribution in [0.2, 0.25) is 5.02 Å². The second-order valence-corrected chi connectivity index (χ2v) is 6.38. The van der Waals surface area contributed by atoms with Crippen molar-refractivity contribution in [1.29, 1.82) is 0 Å². The van der Waals surface area contributed by atoms with Gasteiger partial charge in [-0.15, -0.1) is 0 Å². The molecular weight excluding hydrogens is 270 g/mol. The Morgan fingerprint density at radius 2 is 2.15 bits per heavy atom. The molecule has 0 aromatic heterocycles. The summed E-state index contributed by atoms with van der Waals surface area (Å²) in [5.41, 5.74) is 7.35. The van der Waals surface area contributed by atoms with Gasteiger partial charge in [-0.1, -0.05) is 29.8 Å². The number of likely N-dealkylation sites (tertiary alicyclic amines) is 1. The van der Waals surface area contributed by atoms with Crippen LogP contribution >= 0.6 is 11.6 Å². The molecule has 1 aliphatic heterocycles. The molecule has 2 rings (SSSR count). The molecule has 0 aliphatic carbocycles. The summed E-state index contributed by atoms with van der Waals surface area (Å²) in [6, 6.07) is 8.62. The predicted octanol–water partition coefficient (Wildman–Crippen LogP) is 2.76. The number of hydrogen-bond acceptors (Lipinski definition) is 3. The van der Waals surface area contributed by atoms with Crippen molar-refractivity contribution in [1.82, 2.24) is 9.80 Å². The molecule has 0 amide bonds. The highest BCUT2D eigenvalue weighted by molar-refractivity contribution is 6.31. The Bertz CT molecular complexity index is 422. The van der Waals surface area contributed by atoms with Crippen LogP contribution in [-0.2, 0) is 0 Å². The van der Waals surface area contributed by atoms with Crippen molar-refractivity contribution in [2.24, 2.45) is 5.73 Å². The van der Waals surface area contributed by atoms with E-state index in [0.717, 1.165) is 30.1 Å². The van der Waals surface area contributed by atoms with E-state index in [0.29, 0.717) is 6.04 Å². The van der Waals surface area contributed by atoms with Crippen molar-refractivity contribution in [2.45, 2.75) is 31.3 Å². The lowest BCUT2D eigenvalue weighted by molar-refractivity contribution is 0.130. The molecule has 1 aromatic carbocycles. The molecule has 1 fully saturated rings. The number of hydrogen-bond donors (Lipinski definition) is 1. The van der Waals surface area contributed by atoms with Crippen molar-refractivity contribution >= 4 is 11.6 Å². The lowest BCUT2D eigenvalue weighted by Gasteiger charge is -2.36. The molecule has 1 heterocycles. The molecule has 2 atom stereocenters. The van der Waals surface area contributed by atoms with Gasteiger partial charge in [0.2, 0.25) is 0 Å². The molecule has 20 heavy (non-hydrogen) atoms. The number of likely N-dealkylation sites (N-methyl/N-ethyl adjacent to an activating group) is 1. The molecule has 3 nitrogen and oxygen atoms in total. The Balaban J connectivity index is 1.84. The van der Waals surface area contributed by atoms with Gasteiger partial charge in [0.15, 0.2) is 0 Å². The second-order valence-electron chi connectivity index (χ2n) is 5.98. The molecule has 1 aromatic rings. The molecule has 0 radical (unpaired) electrons. The van der Waals surface area contributed by atoms with E-state index in [4.69, 9.17) is 17.3 Å². The van der Waals surface area contributed by atoms with Crippen LogP contribution in [0, 0.1) is 0 Å². The zero-order valence-corrected chi connectivity index (χ0v) is 13.3. The molecule has 0 saturated carbocycles. The van der Waals surface area contributed by atoms with E-state index in [1.165, 1.54) is 19.4 Å². The van der Waals surface area contributed by atoms with E-state index in [1.54, 1.807) is 0 Å². The maximum absolute atomic E-state index is 6.29. The largest absolute Gasteiger partial charge is 0.324 e. The Kier molecular flexibility index (Phi) is 5.85. The number of piperidine rings is 1. The van der Waals surface area contributed by atoms with Crippen LogP contribution in [0.4, 0.5) is 0 Å². The highest BCUT2D eigenvalue weighted by Crippen LogP contribution is 2.24. The first-order chi connectivity index (χ1) is 9.58. The van der Waals surface area contributed by atoms with E-state index in [2.05, 4.69) is 23.9 Å². The summed E-state index contributed by atoms with van der Waals surface area (Å²) >= 11 is 6.21. The third kappa shape index (κ3) is 4.19. The van der Waals surface area contributed by atoms with Gasteiger partial charge < -0.3 is 15.5 Å². The van der Waals surface area contributed by atoms with Crippen molar-refractivity contribution in [3.63, 3.8) is 0 Å². The van der Waals surface area contributed by atoms with Crippen LogP contribution in [0.1, 0.15) is 30.9 Å². The predicted molar refractivity (Wildman–Crippen MR) is 86.1 cm³/mol. The molecular formula is C16H26ClN3. The van der Waals surface area contributed by atoms with E-state index >= 15 is 0 Å². The maximum atomic E-state index is 6.29. The van der Waals surface area contributed by atoms with Crippen LogP contribution in [0.5, 0.6) is 0 Å². The monoisotopic (exact) mass is 295 g/mol. The van der Waals surface area contributed by atoms with Crippen molar-refractivity contribution in [2.75, 3.05) is 33.7 Å². The zero-order chi connectivity index (χ0) is 14.5. The quantitative estimate of drug-likeness (QED) is 0.906. The second kappa shape index (κ2) is 7.41. The lowest BCUT2D eigenvalue weighted by Crippen LogP contribution is -2.45. The van der Waals surface area contributed by atoms with Gasteiger partial charge in [-0.25, -0.2) is 0 Å². The third-order valence-corrected chi connectivity index (χ3v) is 4.62. The normalized spacial score (nSPS) is 22.1. The average molecular weight is 296 g/mol. The Morgan fingerprint density at radius 1 is 1.40 bits per heavy atom. The fourth-order valence-electron chi connectivity index (χ4n) is 2.91. The lowest BCUT2D eigenvalue weighted by atomic mass is 10.0.